The van der Waals surface area contributed by atoms with E-state index < -0.39 is 0 Å². The molecule has 3 rings (SSSR count). The van der Waals surface area contributed by atoms with Gasteiger partial charge in [0, 0.05) is 18.2 Å². The van der Waals surface area contributed by atoms with Crippen molar-refractivity contribution < 1.29 is 4.79 Å². The molecule has 88 valence electrons. The number of pyridine rings is 1. The quantitative estimate of drug-likeness (QED) is 0.655. The molecule has 0 N–H and O–H groups in total. The summed E-state index contributed by atoms with van der Waals surface area (Å²) < 4.78 is 2.01. The summed E-state index contributed by atoms with van der Waals surface area (Å²) in [7, 11) is 0. The van der Waals surface area contributed by atoms with Crippen molar-refractivity contribution in [3.63, 3.8) is 0 Å². The van der Waals surface area contributed by atoms with Gasteiger partial charge in [0.05, 0.1) is 11.7 Å². The molecule has 18 heavy (non-hydrogen) atoms. The molecule has 0 bridgehead atoms. The van der Waals surface area contributed by atoms with Gasteiger partial charge in [0.25, 0.3) is 0 Å². The Balaban J connectivity index is 2.00. The van der Waals surface area contributed by atoms with Gasteiger partial charge in [-0.2, -0.15) is 0 Å². The third kappa shape index (κ3) is 1.91. The van der Waals surface area contributed by atoms with E-state index in [1.165, 1.54) is 5.56 Å². The Labute approximate surface area is 105 Å². The van der Waals surface area contributed by atoms with E-state index in [1.54, 1.807) is 12.3 Å². The molecular weight excluding hydrogens is 224 g/mol. The fourth-order valence-corrected chi connectivity index (χ4v) is 2.06. The van der Waals surface area contributed by atoms with Crippen LogP contribution in [0.15, 0.2) is 54.9 Å². The highest BCUT2D eigenvalue weighted by molar-refractivity contribution is 5.77. The lowest BCUT2D eigenvalue weighted by Crippen LogP contribution is -1.96. The highest BCUT2D eigenvalue weighted by Crippen LogP contribution is 2.12. The lowest BCUT2D eigenvalue weighted by atomic mass is 10.1. The highest BCUT2D eigenvalue weighted by Gasteiger charge is 2.04. The largest absolute Gasteiger partial charge is 0.303 e. The molecule has 0 amide bonds. The maximum atomic E-state index is 10.7. The molecule has 3 nitrogen and oxygen atoms in total. The molecule has 0 fully saturated rings. The van der Waals surface area contributed by atoms with Gasteiger partial charge in [-0.1, -0.05) is 30.3 Å². The molecule has 2 aromatic heterocycles. The molecule has 0 spiro atoms. The zero-order chi connectivity index (χ0) is 12.4. The maximum Gasteiger partial charge on any atom is 0.150 e. The Kier molecular flexibility index (Phi) is 2.65. The van der Waals surface area contributed by atoms with Crippen LogP contribution >= 0.6 is 0 Å². The van der Waals surface area contributed by atoms with Gasteiger partial charge in [0.2, 0.25) is 0 Å². The normalized spacial score (nSPS) is 10.7. The van der Waals surface area contributed by atoms with E-state index in [-0.39, 0.29) is 0 Å². The third-order valence-electron chi connectivity index (χ3n) is 2.97. The fraction of sp³-hybridized carbons (Fsp3) is 0.0667. The van der Waals surface area contributed by atoms with Crippen LogP contribution < -0.4 is 0 Å². The number of nitrogens with zero attached hydrogens (tertiary/aromatic N) is 2. The van der Waals surface area contributed by atoms with Crippen molar-refractivity contribution in [1.29, 1.82) is 0 Å². The van der Waals surface area contributed by atoms with Crippen LogP contribution in [0.2, 0.25) is 0 Å². The molecule has 0 atom stereocenters. The number of benzene rings is 1. The second-order valence-electron chi connectivity index (χ2n) is 4.21. The lowest BCUT2D eigenvalue weighted by molar-refractivity contribution is 0.112. The van der Waals surface area contributed by atoms with E-state index in [0.717, 1.165) is 24.0 Å². The zero-order valence-corrected chi connectivity index (χ0v) is 9.78. The van der Waals surface area contributed by atoms with Gasteiger partial charge in [-0.05, 0) is 17.7 Å². The van der Waals surface area contributed by atoms with Crippen molar-refractivity contribution in [1.82, 2.24) is 9.38 Å². The van der Waals surface area contributed by atoms with E-state index in [0.29, 0.717) is 5.56 Å². The molecule has 0 aliphatic rings. The first-order chi connectivity index (χ1) is 8.86. The summed E-state index contributed by atoms with van der Waals surface area (Å²) in [6, 6.07) is 13.9. The maximum absolute atomic E-state index is 10.7. The van der Waals surface area contributed by atoms with Gasteiger partial charge in [0.15, 0.2) is 0 Å². The van der Waals surface area contributed by atoms with Gasteiger partial charge >= 0.3 is 0 Å². The Morgan fingerprint density at radius 1 is 1.17 bits per heavy atom. The number of hydrogen-bond donors (Lipinski definition) is 0. The van der Waals surface area contributed by atoms with E-state index in [1.807, 2.05) is 34.9 Å². The van der Waals surface area contributed by atoms with Crippen LogP contribution in [-0.4, -0.2) is 15.7 Å². The topological polar surface area (TPSA) is 34.4 Å². The highest BCUT2D eigenvalue weighted by atomic mass is 16.1. The summed E-state index contributed by atoms with van der Waals surface area (Å²) in [6.07, 6.45) is 5.33. The van der Waals surface area contributed by atoms with E-state index in [9.17, 15) is 4.79 Å². The first-order valence-electron chi connectivity index (χ1n) is 5.82. The van der Waals surface area contributed by atoms with Crippen molar-refractivity contribution in [2.24, 2.45) is 0 Å². The van der Waals surface area contributed by atoms with Gasteiger partial charge in [0.1, 0.15) is 12.1 Å². The van der Waals surface area contributed by atoms with Crippen LogP contribution in [-0.2, 0) is 6.42 Å². The number of hydrogen-bond acceptors (Lipinski definition) is 2. The molecule has 0 saturated heterocycles. The van der Waals surface area contributed by atoms with Crippen LogP contribution in [0.3, 0.4) is 0 Å². The lowest BCUT2D eigenvalue weighted by Gasteiger charge is -2.02. The molecule has 0 radical (unpaired) electrons. The third-order valence-corrected chi connectivity index (χ3v) is 2.97. The van der Waals surface area contributed by atoms with Crippen molar-refractivity contribution >= 4 is 11.8 Å². The number of carbonyl (C=O) groups is 1. The average Bonchev–Trinajstić information content (AvgIpc) is 2.82. The molecular formula is C15H12N2O. The molecule has 3 aromatic rings. The summed E-state index contributed by atoms with van der Waals surface area (Å²) in [5.74, 6) is 0.980. The second-order valence-corrected chi connectivity index (χ2v) is 4.21. The van der Waals surface area contributed by atoms with Gasteiger partial charge in [-0.15, -0.1) is 0 Å². The average molecular weight is 236 g/mol. The van der Waals surface area contributed by atoms with Crippen molar-refractivity contribution in [2.75, 3.05) is 0 Å². The number of carbonyl (C=O) groups excluding carboxylic acids is 1. The monoisotopic (exact) mass is 236 g/mol. The minimum atomic E-state index is 0.675. The molecule has 2 heterocycles. The summed E-state index contributed by atoms with van der Waals surface area (Å²) in [4.78, 5) is 15.1. The Morgan fingerprint density at radius 2 is 2.00 bits per heavy atom. The number of rotatable bonds is 3. The number of imidazole rings is 1. The molecule has 0 unspecified atom stereocenters. The first-order valence-corrected chi connectivity index (χ1v) is 5.82. The first kappa shape index (κ1) is 10.7. The number of aldehydes is 1. The van der Waals surface area contributed by atoms with Crippen LogP contribution in [0.1, 0.15) is 21.7 Å². The second kappa shape index (κ2) is 4.45. The molecule has 1 aromatic carbocycles. The minimum Gasteiger partial charge on any atom is -0.303 e. The SMILES string of the molecule is O=Cc1ccn2c(Cc3ccccc3)ncc2c1. The molecule has 0 aliphatic heterocycles. The van der Waals surface area contributed by atoms with Crippen LogP contribution in [0.25, 0.3) is 5.52 Å². The van der Waals surface area contributed by atoms with Gasteiger partial charge in [-0.3, -0.25) is 4.79 Å². The fourth-order valence-electron chi connectivity index (χ4n) is 2.06. The predicted octanol–water partition coefficient (Wildman–Crippen LogP) is 2.74. The molecule has 0 aliphatic carbocycles. The van der Waals surface area contributed by atoms with E-state index in [4.69, 9.17) is 0 Å². The Morgan fingerprint density at radius 3 is 2.78 bits per heavy atom. The van der Waals surface area contributed by atoms with Crippen LogP contribution in [0, 0.1) is 0 Å². The van der Waals surface area contributed by atoms with Gasteiger partial charge < -0.3 is 4.40 Å². The predicted molar refractivity (Wildman–Crippen MR) is 69.8 cm³/mol. The standard InChI is InChI=1S/C15H12N2O/c18-11-13-6-7-17-14(8-13)10-16-15(17)9-12-4-2-1-3-5-12/h1-8,10-11H,9H2. The summed E-state index contributed by atoms with van der Waals surface area (Å²) in [6.45, 7) is 0. The van der Waals surface area contributed by atoms with E-state index >= 15 is 0 Å². The van der Waals surface area contributed by atoms with Crippen molar-refractivity contribution in [3.8, 4) is 0 Å². The van der Waals surface area contributed by atoms with Crippen molar-refractivity contribution in [3.05, 3.63) is 71.8 Å². The Hall–Kier alpha value is -2.42. The van der Waals surface area contributed by atoms with Crippen molar-refractivity contribution in [2.45, 2.75) is 6.42 Å². The summed E-state index contributed by atoms with van der Waals surface area (Å²) >= 11 is 0. The summed E-state index contributed by atoms with van der Waals surface area (Å²) in [5, 5.41) is 0. The minimum absolute atomic E-state index is 0.675. The van der Waals surface area contributed by atoms with E-state index in [2.05, 4.69) is 17.1 Å². The van der Waals surface area contributed by atoms with Gasteiger partial charge in [-0.25, -0.2) is 4.98 Å². The van der Waals surface area contributed by atoms with Crippen LogP contribution in [0.4, 0.5) is 0 Å². The smallest absolute Gasteiger partial charge is 0.150 e. The number of fused-ring (bicyclic) bond motifs is 1. The zero-order valence-electron chi connectivity index (χ0n) is 9.78. The molecule has 3 heteroatoms. The summed E-state index contributed by atoms with van der Waals surface area (Å²) in [5.41, 5.74) is 2.85. The Bertz CT molecular complexity index is 686. The number of aromatic nitrogens is 2. The molecule has 0 saturated carbocycles. The van der Waals surface area contributed by atoms with Crippen LogP contribution in [0.5, 0.6) is 0 Å².